The molecule has 0 bridgehead atoms. The van der Waals surface area contributed by atoms with Gasteiger partial charge < -0.3 is 4.74 Å². The van der Waals surface area contributed by atoms with Gasteiger partial charge >= 0.3 is 0 Å². The van der Waals surface area contributed by atoms with Crippen molar-refractivity contribution in [2.45, 2.75) is 6.92 Å². The van der Waals surface area contributed by atoms with E-state index in [-0.39, 0.29) is 0 Å². The SMILES string of the molecule is COc1c(Cl)ncnc1-c1ccc(C)s1. The summed E-state index contributed by atoms with van der Waals surface area (Å²) in [6.45, 7) is 2.05. The lowest BCUT2D eigenvalue weighted by molar-refractivity contribution is 0.413. The van der Waals surface area contributed by atoms with Crippen molar-refractivity contribution in [2.24, 2.45) is 0 Å². The van der Waals surface area contributed by atoms with Crippen LogP contribution < -0.4 is 4.74 Å². The topological polar surface area (TPSA) is 35.0 Å². The number of rotatable bonds is 2. The Morgan fingerprint density at radius 2 is 2.13 bits per heavy atom. The minimum atomic E-state index is 0.341. The summed E-state index contributed by atoms with van der Waals surface area (Å²) in [7, 11) is 1.56. The van der Waals surface area contributed by atoms with E-state index < -0.39 is 0 Å². The number of hydrogen-bond donors (Lipinski definition) is 0. The largest absolute Gasteiger partial charge is 0.491 e. The molecule has 0 amide bonds. The minimum absolute atomic E-state index is 0.341. The van der Waals surface area contributed by atoms with Gasteiger partial charge in [-0.2, -0.15) is 0 Å². The van der Waals surface area contributed by atoms with Crippen LogP contribution >= 0.6 is 22.9 Å². The first-order chi connectivity index (χ1) is 7.22. The molecule has 0 aromatic carbocycles. The molecular weight excluding hydrogens is 232 g/mol. The first kappa shape index (κ1) is 10.4. The van der Waals surface area contributed by atoms with Gasteiger partial charge in [-0.3, -0.25) is 0 Å². The molecular formula is C10H9ClN2OS. The second-order valence-electron chi connectivity index (χ2n) is 2.96. The Morgan fingerprint density at radius 1 is 1.33 bits per heavy atom. The molecule has 15 heavy (non-hydrogen) atoms. The van der Waals surface area contributed by atoms with Crippen molar-refractivity contribution in [3.8, 4) is 16.3 Å². The fraction of sp³-hybridized carbons (Fsp3) is 0.200. The Labute approximate surface area is 96.7 Å². The molecule has 0 radical (unpaired) electrons. The van der Waals surface area contributed by atoms with E-state index in [9.17, 15) is 0 Å². The van der Waals surface area contributed by atoms with Gasteiger partial charge in [-0.05, 0) is 19.1 Å². The summed E-state index contributed by atoms with van der Waals surface area (Å²) in [5, 5.41) is 0.341. The number of hydrogen-bond acceptors (Lipinski definition) is 4. The van der Waals surface area contributed by atoms with Crippen molar-refractivity contribution < 1.29 is 4.74 Å². The summed E-state index contributed by atoms with van der Waals surface area (Å²) in [6.07, 6.45) is 1.44. The molecule has 0 aliphatic rings. The first-order valence-corrected chi connectivity index (χ1v) is 5.53. The molecule has 0 saturated carbocycles. The van der Waals surface area contributed by atoms with E-state index in [1.54, 1.807) is 18.4 Å². The van der Waals surface area contributed by atoms with Crippen LogP contribution in [0.15, 0.2) is 18.5 Å². The van der Waals surface area contributed by atoms with Crippen molar-refractivity contribution in [1.29, 1.82) is 0 Å². The summed E-state index contributed by atoms with van der Waals surface area (Å²) >= 11 is 7.56. The Balaban J connectivity index is 2.57. The second-order valence-corrected chi connectivity index (χ2v) is 4.60. The highest BCUT2D eigenvalue weighted by molar-refractivity contribution is 7.15. The van der Waals surface area contributed by atoms with Crippen molar-refractivity contribution in [1.82, 2.24) is 9.97 Å². The molecule has 2 aromatic rings. The van der Waals surface area contributed by atoms with Crippen LogP contribution in [0, 0.1) is 6.92 Å². The lowest BCUT2D eigenvalue weighted by Gasteiger charge is -2.05. The zero-order chi connectivity index (χ0) is 10.8. The van der Waals surface area contributed by atoms with Crippen molar-refractivity contribution >= 4 is 22.9 Å². The van der Waals surface area contributed by atoms with Crippen LogP contribution in [0.3, 0.4) is 0 Å². The third-order valence-corrected chi connectivity index (χ3v) is 3.21. The Morgan fingerprint density at radius 3 is 2.73 bits per heavy atom. The highest BCUT2D eigenvalue weighted by Gasteiger charge is 2.13. The van der Waals surface area contributed by atoms with Gasteiger partial charge in [0, 0.05) is 4.88 Å². The molecule has 0 atom stereocenters. The molecule has 2 rings (SSSR count). The maximum atomic E-state index is 5.91. The normalized spacial score (nSPS) is 10.3. The average Bonchev–Trinajstić information content (AvgIpc) is 2.64. The summed E-state index contributed by atoms with van der Waals surface area (Å²) in [6, 6.07) is 4.04. The van der Waals surface area contributed by atoms with E-state index >= 15 is 0 Å². The van der Waals surface area contributed by atoms with Gasteiger partial charge in [-0.15, -0.1) is 11.3 Å². The van der Waals surface area contributed by atoms with Crippen LogP contribution in [-0.2, 0) is 0 Å². The fourth-order valence-corrected chi connectivity index (χ4v) is 2.34. The Bertz CT molecular complexity index is 484. The van der Waals surface area contributed by atoms with Crippen LogP contribution in [0.5, 0.6) is 5.75 Å². The molecule has 0 spiro atoms. The monoisotopic (exact) mass is 240 g/mol. The number of nitrogens with zero attached hydrogens (tertiary/aromatic N) is 2. The second kappa shape index (κ2) is 4.16. The van der Waals surface area contributed by atoms with Gasteiger partial charge in [0.2, 0.25) is 0 Å². The summed E-state index contributed by atoms with van der Waals surface area (Å²) in [5.41, 5.74) is 0.746. The maximum absolute atomic E-state index is 5.91. The number of thiophene rings is 1. The molecule has 0 aliphatic carbocycles. The van der Waals surface area contributed by atoms with E-state index in [2.05, 4.69) is 9.97 Å². The summed E-state index contributed by atoms with van der Waals surface area (Å²) in [5.74, 6) is 0.529. The molecule has 5 heteroatoms. The van der Waals surface area contributed by atoms with Crippen LogP contribution in [-0.4, -0.2) is 17.1 Å². The molecule has 0 N–H and O–H groups in total. The number of methoxy groups -OCH3 is 1. The third-order valence-electron chi connectivity index (χ3n) is 1.94. The maximum Gasteiger partial charge on any atom is 0.183 e. The number of halogens is 1. The fourth-order valence-electron chi connectivity index (χ4n) is 1.27. The van der Waals surface area contributed by atoms with Gasteiger partial charge in [0.25, 0.3) is 0 Å². The van der Waals surface area contributed by atoms with Crippen molar-refractivity contribution in [3.05, 3.63) is 28.5 Å². The van der Waals surface area contributed by atoms with E-state index in [4.69, 9.17) is 16.3 Å². The predicted molar refractivity (Wildman–Crippen MR) is 61.6 cm³/mol. The smallest absolute Gasteiger partial charge is 0.183 e. The molecule has 0 fully saturated rings. The first-order valence-electron chi connectivity index (χ1n) is 4.33. The molecule has 2 aromatic heterocycles. The standard InChI is InChI=1S/C10H9ClN2OS/c1-6-3-4-7(15-6)8-9(14-2)10(11)13-5-12-8/h3-5H,1-2H3. The van der Waals surface area contributed by atoms with Crippen LogP contribution in [0.2, 0.25) is 5.15 Å². The van der Waals surface area contributed by atoms with Gasteiger partial charge in [0.15, 0.2) is 10.9 Å². The molecule has 2 heterocycles. The minimum Gasteiger partial charge on any atom is -0.491 e. The third kappa shape index (κ3) is 1.96. The highest BCUT2D eigenvalue weighted by atomic mass is 35.5. The van der Waals surface area contributed by atoms with E-state index in [1.165, 1.54) is 11.2 Å². The van der Waals surface area contributed by atoms with Gasteiger partial charge in [0.05, 0.1) is 12.0 Å². The predicted octanol–water partition coefficient (Wildman–Crippen LogP) is 3.18. The average molecular weight is 241 g/mol. The zero-order valence-corrected chi connectivity index (χ0v) is 9.89. The molecule has 0 aliphatic heterocycles. The van der Waals surface area contributed by atoms with Gasteiger partial charge in [-0.25, -0.2) is 9.97 Å². The Kier molecular flexibility index (Phi) is 2.88. The molecule has 0 saturated heterocycles. The highest BCUT2D eigenvalue weighted by Crippen LogP contribution is 2.35. The zero-order valence-electron chi connectivity index (χ0n) is 8.32. The van der Waals surface area contributed by atoms with Crippen LogP contribution in [0.25, 0.3) is 10.6 Å². The van der Waals surface area contributed by atoms with Crippen molar-refractivity contribution in [2.75, 3.05) is 7.11 Å². The lowest BCUT2D eigenvalue weighted by Crippen LogP contribution is -1.92. The molecule has 78 valence electrons. The number of aryl methyl sites for hydroxylation is 1. The van der Waals surface area contributed by atoms with E-state index in [1.807, 2.05) is 19.1 Å². The van der Waals surface area contributed by atoms with Gasteiger partial charge in [-0.1, -0.05) is 11.6 Å². The van der Waals surface area contributed by atoms with E-state index in [0.717, 1.165) is 10.6 Å². The quantitative estimate of drug-likeness (QED) is 0.757. The Hall–Kier alpha value is -1.13. The number of ether oxygens (including phenoxy) is 1. The van der Waals surface area contributed by atoms with E-state index in [0.29, 0.717) is 10.9 Å². The van der Waals surface area contributed by atoms with Crippen LogP contribution in [0.1, 0.15) is 4.88 Å². The molecule has 0 unspecified atom stereocenters. The summed E-state index contributed by atoms with van der Waals surface area (Å²) in [4.78, 5) is 10.3. The van der Waals surface area contributed by atoms with Crippen LogP contribution in [0.4, 0.5) is 0 Å². The van der Waals surface area contributed by atoms with Gasteiger partial charge in [0.1, 0.15) is 12.0 Å². The summed E-state index contributed by atoms with van der Waals surface area (Å²) < 4.78 is 5.19. The van der Waals surface area contributed by atoms with Crippen molar-refractivity contribution in [3.63, 3.8) is 0 Å². The lowest BCUT2D eigenvalue weighted by atomic mass is 10.3. The number of aromatic nitrogens is 2. The molecule has 3 nitrogen and oxygen atoms in total.